The van der Waals surface area contributed by atoms with E-state index in [1.165, 1.54) is 23.2 Å². The number of carbonyl (C=O) groups excluding carboxylic acids is 1. The van der Waals surface area contributed by atoms with Crippen LogP contribution in [0.2, 0.25) is 0 Å². The van der Waals surface area contributed by atoms with Crippen LogP contribution in [0.25, 0.3) is 0 Å². The van der Waals surface area contributed by atoms with Gasteiger partial charge in [0.2, 0.25) is 0 Å². The maximum Gasteiger partial charge on any atom is 0.251 e. The standard InChI is InChI=1S/C27H38N4O2/c1-20(2)33-24-10-7-21(8-11-24)27(32)28-19-26(31-16-14-29(3)15-17-31)23-9-12-25-22(18-23)6-5-13-30(25)4/h7-12,18,20,26H,5-6,13-17,19H2,1-4H3,(H,28,32)/t26-/m0/s1. The van der Waals surface area contributed by atoms with Gasteiger partial charge < -0.3 is 19.9 Å². The zero-order valence-electron chi connectivity index (χ0n) is 20.5. The van der Waals surface area contributed by atoms with Gasteiger partial charge in [0, 0.05) is 57.6 Å². The summed E-state index contributed by atoms with van der Waals surface area (Å²) in [6.45, 7) is 9.83. The molecule has 6 heteroatoms. The van der Waals surface area contributed by atoms with Crippen molar-refractivity contribution < 1.29 is 9.53 Å². The molecule has 178 valence electrons. The van der Waals surface area contributed by atoms with Crippen molar-refractivity contribution in [3.8, 4) is 5.75 Å². The Balaban J connectivity index is 1.49. The number of piperazine rings is 1. The minimum absolute atomic E-state index is 0.0390. The lowest BCUT2D eigenvalue weighted by Crippen LogP contribution is -2.48. The fourth-order valence-corrected chi connectivity index (χ4v) is 4.85. The zero-order valence-corrected chi connectivity index (χ0v) is 20.5. The first-order chi connectivity index (χ1) is 15.9. The van der Waals surface area contributed by atoms with Crippen molar-refractivity contribution in [3.05, 3.63) is 59.2 Å². The molecule has 1 atom stereocenters. The molecule has 33 heavy (non-hydrogen) atoms. The topological polar surface area (TPSA) is 48.1 Å². The number of benzene rings is 2. The lowest BCUT2D eigenvalue weighted by atomic mass is 9.95. The van der Waals surface area contributed by atoms with E-state index in [0.717, 1.165) is 44.9 Å². The Hall–Kier alpha value is -2.57. The second kappa shape index (κ2) is 10.6. The van der Waals surface area contributed by atoms with E-state index in [2.05, 4.69) is 52.3 Å². The Bertz CT molecular complexity index is 936. The van der Waals surface area contributed by atoms with Gasteiger partial charge in [-0.3, -0.25) is 9.69 Å². The maximum atomic E-state index is 12.9. The Morgan fingerprint density at radius 2 is 1.73 bits per heavy atom. The monoisotopic (exact) mass is 450 g/mol. The summed E-state index contributed by atoms with van der Waals surface area (Å²) in [4.78, 5) is 20.2. The fourth-order valence-electron chi connectivity index (χ4n) is 4.85. The number of rotatable bonds is 7. The van der Waals surface area contributed by atoms with E-state index in [1.54, 1.807) is 0 Å². The molecule has 0 bridgehead atoms. The molecule has 2 aromatic carbocycles. The lowest BCUT2D eigenvalue weighted by Gasteiger charge is -2.39. The van der Waals surface area contributed by atoms with Gasteiger partial charge in [0.25, 0.3) is 5.91 Å². The number of aryl methyl sites for hydroxylation is 1. The van der Waals surface area contributed by atoms with Gasteiger partial charge in [-0.2, -0.15) is 0 Å². The predicted molar refractivity (Wildman–Crippen MR) is 134 cm³/mol. The van der Waals surface area contributed by atoms with Crippen LogP contribution in [0.5, 0.6) is 5.75 Å². The van der Waals surface area contributed by atoms with Gasteiger partial charge in [0.1, 0.15) is 5.75 Å². The first-order valence-electron chi connectivity index (χ1n) is 12.2. The van der Waals surface area contributed by atoms with Gasteiger partial charge in [0.15, 0.2) is 0 Å². The van der Waals surface area contributed by atoms with Crippen molar-refractivity contribution in [3.63, 3.8) is 0 Å². The first kappa shape index (κ1) is 23.6. The van der Waals surface area contributed by atoms with Gasteiger partial charge in [-0.05, 0) is 75.2 Å². The molecular formula is C27H38N4O2. The fraction of sp³-hybridized carbons (Fsp3) is 0.519. The van der Waals surface area contributed by atoms with Crippen LogP contribution < -0.4 is 15.0 Å². The molecule has 2 aromatic rings. The largest absolute Gasteiger partial charge is 0.491 e. The minimum Gasteiger partial charge on any atom is -0.491 e. The molecule has 0 unspecified atom stereocenters. The highest BCUT2D eigenvalue weighted by Crippen LogP contribution is 2.31. The number of hydrogen-bond donors (Lipinski definition) is 1. The second-order valence-corrected chi connectivity index (χ2v) is 9.67. The van der Waals surface area contributed by atoms with Crippen LogP contribution >= 0.6 is 0 Å². The molecule has 1 N–H and O–H groups in total. The van der Waals surface area contributed by atoms with E-state index in [0.29, 0.717) is 12.1 Å². The number of hydrogen-bond acceptors (Lipinski definition) is 5. The van der Waals surface area contributed by atoms with E-state index < -0.39 is 0 Å². The molecule has 1 amide bonds. The van der Waals surface area contributed by atoms with Gasteiger partial charge in [-0.1, -0.05) is 12.1 Å². The number of anilines is 1. The predicted octanol–water partition coefficient (Wildman–Crippen LogP) is 3.57. The normalized spacial score (nSPS) is 18.2. The number of fused-ring (bicyclic) bond motifs is 1. The molecule has 4 rings (SSSR count). The second-order valence-electron chi connectivity index (χ2n) is 9.67. The quantitative estimate of drug-likeness (QED) is 0.699. The Morgan fingerprint density at radius 3 is 2.42 bits per heavy atom. The third-order valence-electron chi connectivity index (χ3n) is 6.76. The molecule has 1 saturated heterocycles. The van der Waals surface area contributed by atoms with Gasteiger partial charge >= 0.3 is 0 Å². The Kier molecular flexibility index (Phi) is 7.56. The molecule has 1 fully saturated rings. The van der Waals surface area contributed by atoms with E-state index >= 15 is 0 Å². The van der Waals surface area contributed by atoms with Crippen LogP contribution in [-0.2, 0) is 6.42 Å². The molecule has 0 aromatic heterocycles. The van der Waals surface area contributed by atoms with Crippen LogP contribution in [0.15, 0.2) is 42.5 Å². The molecular weight excluding hydrogens is 412 g/mol. The number of likely N-dealkylation sites (N-methyl/N-ethyl adjacent to an activating group) is 1. The molecule has 0 radical (unpaired) electrons. The molecule has 0 aliphatic carbocycles. The number of amides is 1. The van der Waals surface area contributed by atoms with Crippen molar-refractivity contribution in [2.45, 2.75) is 38.8 Å². The summed E-state index contributed by atoms with van der Waals surface area (Å²) in [5.74, 6) is 0.749. The third kappa shape index (κ3) is 5.87. The summed E-state index contributed by atoms with van der Waals surface area (Å²) >= 11 is 0. The van der Waals surface area contributed by atoms with E-state index in [4.69, 9.17) is 4.74 Å². The highest BCUT2D eigenvalue weighted by atomic mass is 16.5. The molecule has 0 spiro atoms. The minimum atomic E-state index is -0.0390. The summed E-state index contributed by atoms with van der Waals surface area (Å²) < 4.78 is 5.70. The van der Waals surface area contributed by atoms with Gasteiger partial charge in [-0.25, -0.2) is 0 Å². The first-order valence-corrected chi connectivity index (χ1v) is 12.2. The van der Waals surface area contributed by atoms with Crippen LogP contribution in [0.4, 0.5) is 5.69 Å². The summed E-state index contributed by atoms with van der Waals surface area (Å²) in [7, 11) is 4.35. The Morgan fingerprint density at radius 1 is 1.00 bits per heavy atom. The van der Waals surface area contributed by atoms with Crippen molar-refractivity contribution >= 4 is 11.6 Å². The molecule has 2 aliphatic rings. The summed E-state index contributed by atoms with van der Waals surface area (Å²) in [5, 5.41) is 3.21. The van der Waals surface area contributed by atoms with Crippen LogP contribution in [-0.4, -0.2) is 75.2 Å². The molecule has 0 saturated carbocycles. The van der Waals surface area contributed by atoms with Crippen molar-refractivity contribution in [2.24, 2.45) is 0 Å². The van der Waals surface area contributed by atoms with Crippen LogP contribution in [0.3, 0.4) is 0 Å². The van der Waals surface area contributed by atoms with Crippen molar-refractivity contribution in [2.75, 3.05) is 58.3 Å². The van der Waals surface area contributed by atoms with Gasteiger partial charge in [0.05, 0.1) is 12.1 Å². The summed E-state index contributed by atoms with van der Waals surface area (Å²) in [6.07, 6.45) is 2.44. The highest BCUT2D eigenvalue weighted by Gasteiger charge is 2.26. The van der Waals surface area contributed by atoms with Crippen molar-refractivity contribution in [1.82, 2.24) is 15.1 Å². The lowest BCUT2D eigenvalue weighted by molar-refractivity contribution is 0.0886. The average Bonchev–Trinajstić information content (AvgIpc) is 2.80. The smallest absolute Gasteiger partial charge is 0.251 e. The van der Waals surface area contributed by atoms with Crippen LogP contribution in [0.1, 0.15) is 47.8 Å². The zero-order chi connectivity index (χ0) is 23.4. The van der Waals surface area contributed by atoms with Crippen LogP contribution in [0, 0.1) is 0 Å². The number of nitrogens with zero attached hydrogens (tertiary/aromatic N) is 3. The van der Waals surface area contributed by atoms with E-state index in [9.17, 15) is 4.79 Å². The SMILES string of the molecule is CC(C)Oc1ccc(C(=O)NC[C@@H](c2ccc3c(c2)CCCN3C)N2CCN(C)CC2)cc1. The van der Waals surface area contributed by atoms with E-state index in [1.807, 2.05) is 38.1 Å². The van der Waals surface area contributed by atoms with E-state index in [-0.39, 0.29) is 18.1 Å². The maximum absolute atomic E-state index is 12.9. The summed E-state index contributed by atoms with van der Waals surface area (Å²) in [6, 6.07) is 14.5. The van der Waals surface area contributed by atoms with Gasteiger partial charge in [-0.15, -0.1) is 0 Å². The molecule has 2 heterocycles. The average molecular weight is 451 g/mol. The molecule has 6 nitrogen and oxygen atoms in total. The number of ether oxygens (including phenoxy) is 1. The highest BCUT2D eigenvalue weighted by molar-refractivity contribution is 5.94. The summed E-state index contributed by atoms with van der Waals surface area (Å²) in [5.41, 5.74) is 4.73. The molecule has 2 aliphatic heterocycles. The Labute approximate surface area is 198 Å². The number of nitrogens with one attached hydrogen (secondary N) is 1. The third-order valence-corrected chi connectivity index (χ3v) is 6.76. The number of carbonyl (C=O) groups is 1. The van der Waals surface area contributed by atoms with Crippen molar-refractivity contribution in [1.29, 1.82) is 0 Å².